The van der Waals surface area contributed by atoms with Gasteiger partial charge in [0.1, 0.15) is 0 Å². The lowest BCUT2D eigenvalue weighted by Crippen LogP contribution is -1.84. The predicted molar refractivity (Wildman–Crippen MR) is 70.8 cm³/mol. The quantitative estimate of drug-likeness (QED) is 0.688. The molecule has 0 bridgehead atoms. The summed E-state index contributed by atoms with van der Waals surface area (Å²) in [5, 5.41) is 2.74. The third kappa shape index (κ3) is 1.78. The Balaban J connectivity index is 2.75. The number of hydrogen-bond donors (Lipinski definition) is 0. The molecule has 0 amide bonds. The van der Waals surface area contributed by atoms with Crippen LogP contribution in [0, 0.1) is 10.5 Å². The van der Waals surface area contributed by atoms with Gasteiger partial charge in [0.2, 0.25) is 0 Å². The van der Waals surface area contributed by atoms with Gasteiger partial charge in [-0.2, -0.15) is 0 Å². The van der Waals surface area contributed by atoms with Crippen molar-refractivity contribution in [3.63, 3.8) is 0 Å². The lowest BCUT2D eigenvalue weighted by molar-refractivity contribution is 1.15. The van der Waals surface area contributed by atoms with Crippen LogP contribution in [0.2, 0.25) is 0 Å². The van der Waals surface area contributed by atoms with Crippen LogP contribution in [0.15, 0.2) is 30.3 Å². The van der Waals surface area contributed by atoms with Crippen molar-refractivity contribution in [2.24, 2.45) is 0 Å². The van der Waals surface area contributed by atoms with Gasteiger partial charge in [0.25, 0.3) is 0 Å². The van der Waals surface area contributed by atoms with E-state index in [0.717, 1.165) is 6.42 Å². The minimum atomic E-state index is 1.11. The van der Waals surface area contributed by atoms with Crippen molar-refractivity contribution >= 4 is 33.4 Å². The molecule has 0 fully saturated rings. The summed E-state index contributed by atoms with van der Waals surface area (Å²) in [6.07, 6.45) is 1.11. The van der Waals surface area contributed by atoms with Crippen LogP contribution in [0.5, 0.6) is 0 Å². The first-order chi connectivity index (χ1) is 6.70. The second kappa shape index (κ2) is 3.89. The van der Waals surface area contributed by atoms with Gasteiger partial charge >= 0.3 is 0 Å². The molecule has 2 rings (SSSR count). The second-order valence-corrected chi connectivity index (χ2v) is 4.82. The third-order valence-electron chi connectivity index (χ3n) is 2.52. The summed E-state index contributed by atoms with van der Waals surface area (Å²) in [6.45, 7) is 4.35. The zero-order chi connectivity index (χ0) is 10.1. The molecular formula is C13H13I. The van der Waals surface area contributed by atoms with Gasteiger partial charge in [-0.05, 0) is 63.9 Å². The number of aryl methyl sites for hydroxylation is 2. The van der Waals surface area contributed by atoms with E-state index in [0.29, 0.717) is 0 Å². The maximum absolute atomic E-state index is 2.41. The number of hydrogen-bond acceptors (Lipinski definition) is 0. The largest absolute Gasteiger partial charge is 0.0613 e. The van der Waals surface area contributed by atoms with E-state index in [4.69, 9.17) is 0 Å². The van der Waals surface area contributed by atoms with E-state index in [-0.39, 0.29) is 0 Å². The molecular weight excluding hydrogens is 283 g/mol. The molecule has 0 spiro atoms. The van der Waals surface area contributed by atoms with Gasteiger partial charge in [0.05, 0.1) is 0 Å². The van der Waals surface area contributed by atoms with Gasteiger partial charge in [-0.15, -0.1) is 0 Å². The standard InChI is InChI=1S/C13H13I/c1-3-10-4-5-12-11(8-10)6-9(2)7-13(12)14/h4-8H,3H2,1-2H3. The van der Waals surface area contributed by atoms with E-state index in [1.165, 1.54) is 25.5 Å². The molecule has 0 nitrogen and oxygen atoms in total. The molecule has 72 valence electrons. The Bertz CT molecular complexity index is 472. The molecule has 0 aliphatic carbocycles. The Labute approximate surface area is 98.5 Å². The van der Waals surface area contributed by atoms with Crippen molar-refractivity contribution in [2.75, 3.05) is 0 Å². The number of benzene rings is 2. The summed E-state index contributed by atoms with van der Waals surface area (Å²) in [7, 11) is 0. The maximum Gasteiger partial charge on any atom is 0.0211 e. The van der Waals surface area contributed by atoms with Gasteiger partial charge in [-0.1, -0.05) is 31.2 Å². The molecule has 0 aromatic heterocycles. The van der Waals surface area contributed by atoms with Crippen molar-refractivity contribution in [1.82, 2.24) is 0 Å². The van der Waals surface area contributed by atoms with Crippen molar-refractivity contribution in [3.05, 3.63) is 45.0 Å². The van der Waals surface area contributed by atoms with Crippen LogP contribution in [0.3, 0.4) is 0 Å². The molecule has 0 radical (unpaired) electrons. The highest BCUT2D eigenvalue weighted by Gasteiger charge is 2.00. The molecule has 0 aliphatic heterocycles. The fourth-order valence-electron chi connectivity index (χ4n) is 1.73. The molecule has 0 atom stereocenters. The number of halogens is 1. The summed E-state index contributed by atoms with van der Waals surface area (Å²) in [5.74, 6) is 0. The van der Waals surface area contributed by atoms with Crippen LogP contribution in [0.4, 0.5) is 0 Å². The first-order valence-corrected chi connectivity index (χ1v) is 5.97. The van der Waals surface area contributed by atoms with E-state index in [1.807, 2.05) is 0 Å². The Morgan fingerprint density at radius 3 is 2.64 bits per heavy atom. The Morgan fingerprint density at radius 2 is 1.93 bits per heavy atom. The summed E-state index contributed by atoms with van der Waals surface area (Å²) < 4.78 is 1.35. The van der Waals surface area contributed by atoms with Crippen LogP contribution in [0.1, 0.15) is 18.1 Å². The summed E-state index contributed by atoms with van der Waals surface area (Å²) in [6, 6.07) is 11.2. The topological polar surface area (TPSA) is 0 Å². The molecule has 0 saturated heterocycles. The van der Waals surface area contributed by atoms with Crippen LogP contribution in [0.25, 0.3) is 10.8 Å². The average molecular weight is 296 g/mol. The van der Waals surface area contributed by atoms with Gasteiger partial charge < -0.3 is 0 Å². The lowest BCUT2D eigenvalue weighted by Gasteiger charge is -2.05. The SMILES string of the molecule is CCc1ccc2c(I)cc(C)cc2c1. The summed E-state index contributed by atoms with van der Waals surface area (Å²) in [5.41, 5.74) is 2.76. The van der Waals surface area contributed by atoms with E-state index in [1.54, 1.807) is 0 Å². The van der Waals surface area contributed by atoms with Crippen LogP contribution in [-0.4, -0.2) is 0 Å². The molecule has 0 unspecified atom stereocenters. The molecule has 2 aromatic rings. The van der Waals surface area contributed by atoms with Gasteiger partial charge in [0, 0.05) is 3.57 Å². The van der Waals surface area contributed by atoms with Crippen molar-refractivity contribution in [2.45, 2.75) is 20.3 Å². The molecule has 0 aliphatic rings. The number of rotatable bonds is 1. The monoisotopic (exact) mass is 296 g/mol. The first-order valence-electron chi connectivity index (χ1n) is 4.89. The lowest BCUT2D eigenvalue weighted by atomic mass is 10.0. The van der Waals surface area contributed by atoms with Crippen molar-refractivity contribution in [1.29, 1.82) is 0 Å². The fourth-order valence-corrected chi connectivity index (χ4v) is 2.72. The first kappa shape index (κ1) is 9.97. The Kier molecular flexibility index (Phi) is 2.77. The van der Waals surface area contributed by atoms with E-state index < -0.39 is 0 Å². The summed E-state index contributed by atoms with van der Waals surface area (Å²) in [4.78, 5) is 0. The van der Waals surface area contributed by atoms with E-state index >= 15 is 0 Å². The Hall–Kier alpha value is -0.570. The van der Waals surface area contributed by atoms with Gasteiger partial charge in [-0.25, -0.2) is 0 Å². The maximum atomic E-state index is 2.41. The van der Waals surface area contributed by atoms with Crippen LogP contribution < -0.4 is 0 Å². The van der Waals surface area contributed by atoms with Crippen LogP contribution >= 0.6 is 22.6 Å². The fraction of sp³-hybridized carbons (Fsp3) is 0.231. The zero-order valence-electron chi connectivity index (χ0n) is 8.47. The highest BCUT2D eigenvalue weighted by atomic mass is 127. The zero-order valence-corrected chi connectivity index (χ0v) is 10.6. The van der Waals surface area contributed by atoms with E-state index in [2.05, 4.69) is 66.8 Å². The molecule has 14 heavy (non-hydrogen) atoms. The third-order valence-corrected chi connectivity index (χ3v) is 3.41. The molecule has 1 heteroatoms. The number of fused-ring (bicyclic) bond motifs is 1. The predicted octanol–water partition coefficient (Wildman–Crippen LogP) is 4.32. The van der Waals surface area contributed by atoms with Crippen molar-refractivity contribution < 1.29 is 0 Å². The molecule has 0 N–H and O–H groups in total. The van der Waals surface area contributed by atoms with Crippen molar-refractivity contribution in [3.8, 4) is 0 Å². The van der Waals surface area contributed by atoms with Gasteiger partial charge in [0.15, 0.2) is 0 Å². The Morgan fingerprint density at radius 1 is 1.14 bits per heavy atom. The molecule has 2 aromatic carbocycles. The molecule has 0 heterocycles. The average Bonchev–Trinajstić information content (AvgIpc) is 2.16. The second-order valence-electron chi connectivity index (χ2n) is 3.66. The molecule has 0 saturated carbocycles. The minimum absolute atomic E-state index is 1.11. The minimum Gasteiger partial charge on any atom is -0.0613 e. The van der Waals surface area contributed by atoms with Crippen LogP contribution in [-0.2, 0) is 6.42 Å². The highest BCUT2D eigenvalue weighted by Crippen LogP contribution is 2.23. The normalized spacial score (nSPS) is 10.8. The smallest absolute Gasteiger partial charge is 0.0211 e. The summed E-state index contributed by atoms with van der Waals surface area (Å²) >= 11 is 2.41. The highest BCUT2D eigenvalue weighted by molar-refractivity contribution is 14.1. The van der Waals surface area contributed by atoms with E-state index in [9.17, 15) is 0 Å². The van der Waals surface area contributed by atoms with Gasteiger partial charge in [-0.3, -0.25) is 0 Å².